The Balaban J connectivity index is 1.51. The van der Waals surface area contributed by atoms with E-state index < -0.39 is 17.9 Å². The minimum atomic E-state index is -1.05. The molecule has 2 atom stereocenters. The van der Waals surface area contributed by atoms with Crippen molar-refractivity contribution in [3.63, 3.8) is 0 Å². The summed E-state index contributed by atoms with van der Waals surface area (Å²) in [6.07, 6.45) is 5.85. The topological polar surface area (TPSA) is 121 Å². The van der Waals surface area contributed by atoms with Gasteiger partial charge in [-0.2, -0.15) is 0 Å². The van der Waals surface area contributed by atoms with E-state index in [1.165, 1.54) is 0 Å². The Morgan fingerprint density at radius 3 is 2.51 bits per heavy atom. The van der Waals surface area contributed by atoms with Crippen LogP contribution in [0.3, 0.4) is 0 Å². The number of benzene rings is 1. The van der Waals surface area contributed by atoms with Gasteiger partial charge in [0.25, 0.3) is 0 Å². The highest BCUT2D eigenvalue weighted by atomic mass is 16.4. The first-order valence-corrected chi connectivity index (χ1v) is 11.9. The van der Waals surface area contributed by atoms with E-state index in [0.29, 0.717) is 19.6 Å². The quantitative estimate of drug-likeness (QED) is 0.391. The number of aromatic nitrogens is 2. The molecule has 1 aromatic carbocycles. The molecule has 0 bridgehead atoms. The van der Waals surface area contributed by atoms with E-state index >= 15 is 0 Å². The van der Waals surface area contributed by atoms with E-state index in [0.717, 1.165) is 47.3 Å². The molecule has 0 saturated carbocycles. The van der Waals surface area contributed by atoms with Crippen LogP contribution in [0.1, 0.15) is 53.4 Å². The van der Waals surface area contributed by atoms with Crippen LogP contribution in [0.2, 0.25) is 0 Å². The Kier molecular flexibility index (Phi) is 8.18. The highest BCUT2D eigenvalue weighted by molar-refractivity contribution is 5.84. The van der Waals surface area contributed by atoms with Crippen molar-refractivity contribution < 1.29 is 14.7 Å². The van der Waals surface area contributed by atoms with Crippen molar-refractivity contribution in [1.29, 1.82) is 0 Å². The summed E-state index contributed by atoms with van der Waals surface area (Å²) in [5.41, 5.74) is 10.9. The number of carboxylic acids is 1. The van der Waals surface area contributed by atoms with Crippen LogP contribution in [0.4, 0.5) is 0 Å². The smallest absolute Gasteiger partial charge is 0.305 e. The van der Waals surface area contributed by atoms with Crippen molar-refractivity contribution >= 4 is 11.9 Å². The number of hydrogen-bond acceptors (Lipinski definition) is 6. The molecular formula is C27H31N5O3. The third kappa shape index (κ3) is 6.49. The summed E-state index contributed by atoms with van der Waals surface area (Å²) in [6, 6.07) is 16.8. The van der Waals surface area contributed by atoms with Crippen LogP contribution < -0.4 is 11.1 Å². The summed E-state index contributed by atoms with van der Waals surface area (Å²) in [7, 11) is 0. The number of rotatable bonds is 11. The van der Waals surface area contributed by atoms with Gasteiger partial charge in [0.15, 0.2) is 0 Å². The summed E-state index contributed by atoms with van der Waals surface area (Å²) in [6.45, 7) is 1.78. The molecule has 0 saturated heterocycles. The molecule has 4 rings (SSSR count). The van der Waals surface area contributed by atoms with Crippen LogP contribution in [0.25, 0.3) is 0 Å². The fourth-order valence-electron chi connectivity index (χ4n) is 4.70. The number of fused-ring (bicyclic) bond motifs is 1. The van der Waals surface area contributed by atoms with E-state index in [4.69, 9.17) is 5.73 Å². The van der Waals surface area contributed by atoms with Crippen LogP contribution in [0.15, 0.2) is 67.0 Å². The molecular weight excluding hydrogens is 442 g/mol. The lowest BCUT2D eigenvalue weighted by atomic mass is 9.89. The van der Waals surface area contributed by atoms with Gasteiger partial charge in [0.05, 0.1) is 23.9 Å². The number of nitrogens with one attached hydrogen (secondary N) is 1. The van der Waals surface area contributed by atoms with Crippen molar-refractivity contribution in [2.75, 3.05) is 0 Å². The predicted octanol–water partition coefficient (Wildman–Crippen LogP) is 2.97. The molecule has 3 aromatic rings. The fraction of sp³-hybridized carbons (Fsp3) is 0.333. The largest absolute Gasteiger partial charge is 0.481 e. The minimum Gasteiger partial charge on any atom is -0.481 e. The van der Waals surface area contributed by atoms with Gasteiger partial charge in [-0.05, 0) is 54.2 Å². The van der Waals surface area contributed by atoms with Gasteiger partial charge in [-0.25, -0.2) is 0 Å². The molecule has 1 amide bonds. The first-order chi connectivity index (χ1) is 17.0. The van der Waals surface area contributed by atoms with E-state index in [2.05, 4.69) is 21.4 Å². The number of pyridine rings is 2. The number of carbonyl (C=O) groups excluding carboxylic acids is 1. The number of nitrogens with two attached hydrogens (primary N) is 1. The summed E-state index contributed by atoms with van der Waals surface area (Å²) in [5.74, 6) is -1.68. The van der Waals surface area contributed by atoms with E-state index in [9.17, 15) is 14.7 Å². The molecule has 8 nitrogen and oxygen atoms in total. The Morgan fingerprint density at radius 2 is 1.80 bits per heavy atom. The summed E-state index contributed by atoms with van der Waals surface area (Å²) >= 11 is 0. The standard InChI is InChI=1S/C27H31N5O3/c28-27(35)24(15-25(33)34)32(23-8-3-5-21-6-4-14-31-26(21)23)18-20-11-9-19(10-12-20)16-29-17-22-7-1-2-13-30-22/h1-2,4,6-7,9-14,23-24,29H,3,5,8,15-18H2,(H2,28,35)(H,33,34)/t23?,24-/m0/s1. The molecule has 1 aliphatic carbocycles. The Morgan fingerprint density at radius 1 is 1.03 bits per heavy atom. The van der Waals surface area contributed by atoms with Crippen LogP contribution >= 0.6 is 0 Å². The van der Waals surface area contributed by atoms with Gasteiger partial charge in [0.1, 0.15) is 6.04 Å². The van der Waals surface area contributed by atoms with Gasteiger partial charge in [0, 0.05) is 32.0 Å². The lowest BCUT2D eigenvalue weighted by molar-refractivity contribution is -0.142. The second kappa shape index (κ2) is 11.7. The van der Waals surface area contributed by atoms with Crippen molar-refractivity contribution in [1.82, 2.24) is 20.2 Å². The number of aryl methyl sites for hydroxylation is 1. The van der Waals surface area contributed by atoms with Gasteiger partial charge in [0.2, 0.25) is 5.91 Å². The third-order valence-electron chi connectivity index (χ3n) is 6.41. The zero-order valence-corrected chi connectivity index (χ0v) is 19.6. The van der Waals surface area contributed by atoms with Gasteiger partial charge >= 0.3 is 5.97 Å². The molecule has 0 radical (unpaired) electrons. The SMILES string of the molecule is NC(=O)[C@H](CC(=O)O)N(Cc1ccc(CNCc2ccccn2)cc1)C1CCCc2cccnc21. The molecule has 1 unspecified atom stereocenters. The van der Waals surface area contributed by atoms with Crippen LogP contribution in [-0.2, 0) is 35.6 Å². The van der Waals surface area contributed by atoms with Crippen molar-refractivity contribution in [2.45, 2.75) is 57.4 Å². The van der Waals surface area contributed by atoms with Crippen LogP contribution in [-0.4, -0.2) is 37.9 Å². The molecule has 2 aromatic heterocycles. The number of aliphatic carboxylic acids is 1. The zero-order chi connectivity index (χ0) is 24.6. The predicted molar refractivity (Wildman–Crippen MR) is 132 cm³/mol. The molecule has 0 spiro atoms. The van der Waals surface area contributed by atoms with Gasteiger partial charge < -0.3 is 16.2 Å². The van der Waals surface area contributed by atoms with Crippen LogP contribution in [0, 0.1) is 0 Å². The van der Waals surface area contributed by atoms with Crippen molar-refractivity contribution in [3.8, 4) is 0 Å². The maximum Gasteiger partial charge on any atom is 0.305 e. The summed E-state index contributed by atoms with van der Waals surface area (Å²) in [4.78, 5) is 34.8. The van der Waals surface area contributed by atoms with E-state index in [1.54, 1.807) is 12.4 Å². The normalized spacial score (nSPS) is 16.0. The monoisotopic (exact) mass is 473 g/mol. The maximum absolute atomic E-state index is 12.4. The lowest BCUT2D eigenvalue weighted by Crippen LogP contribution is -2.48. The summed E-state index contributed by atoms with van der Waals surface area (Å²) < 4.78 is 0. The minimum absolute atomic E-state index is 0.170. The first-order valence-electron chi connectivity index (χ1n) is 11.9. The van der Waals surface area contributed by atoms with E-state index in [-0.39, 0.29) is 12.5 Å². The van der Waals surface area contributed by atoms with Gasteiger partial charge in [-0.3, -0.25) is 24.5 Å². The average molecular weight is 474 g/mol. The van der Waals surface area contributed by atoms with Crippen molar-refractivity contribution in [2.24, 2.45) is 5.73 Å². The Hall–Kier alpha value is -3.62. The highest BCUT2D eigenvalue weighted by Crippen LogP contribution is 2.35. The number of hydrogen-bond donors (Lipinski definition) is 3. The molecule has 0 fully saturated rings. The maximum atomic E-state index is 12.4. The number of carboxylic acid groups (broad SMARTS) is 1. The summed E-state index contributed by atoms with van der Waals surface area (Å²) in [5, 5.41) is 12.9. The molecule has 35 heavy (non-hydrogen) atoms. The van der Waals surface area contributed by atoms with Gasteiger partial charge in [-0.1, -0.05) is 36.4 Å². The Bertz CT molecular complexity index is 1140. The van der Waals surface area contributed by atoms with Crippen LogP contribution in [0.5, 0.6) is 0 Å². The Labute approximate surface area is 205 Å². The first kappa shape index (κ1) is 24.5. The lowest BCUT2D eigenvalue weighted by Gasteiger charge is -2.38. The zero-order valence-electron chi connectivity index (χ0n) is 19.6. The van der Waals surface area contributed by atoms with Crippen molar-refractivity contribution in [3.05, 3.63) is 95.1 Å². The second-order valence-electron chi connectivity index (χ2n) is 8.89. The fourth-order valence-corrected chi connectivity index (χ4v) is 4.70. The number of nitrogens with zero attached hydrogens (tertiary/aromatic N) is 3. The number of primary amides is 1. The molecule has 182 valence electrons. The average Bonchev–Trinajstić information content (AvgIpc) is 2.87. The number of amides is 1. The van der Waals surface area contributed by atoms with Gasteiger partial charge in [-0.15, -0.1) is 0 Å². The molecule has 2 heterocycles. The molecule has 1 aliphatic rings. The molecule has 8 heteroatoms. The highest BCUT2D eigenvalue weighted by Gasteiger charge is 2.35. The second-order valence-corrected chi connectivity index (χ2v) is 8.89. The van der Waals surface area contributed by atoms with E-state index in [1.807, 2.05) is 53.4 Å². The molecule has 0 aliphatic heterocycles. The third-order valence-corrected chi connectivity index (χ3v) is 6.41. The molecule has 4 N–H and O–H groups in total. The number of carbonyl (C=O) groups is 2.